The fourth-order valence-corrected chi connectivity index (χ4v) is 3.45. The minimum absolute atomic E-state index is 0.321. The molecule has 2 aromatic rings. The molecule has 0 radical (unpaired) electrons. The van der Waals surface area contributed by atoms with E-state index in [1.807, 2.05) is 12.1 Å². The Morgan fingerprint density at radius 2 is 1.55 bits per heavy atom. The zero-order valence-corrected chi connectivity index (χ0v) is 14.6. The van der Waals surface area contributed by atoms with Crippen LogP contribution in [0.5, 0.6) is 0 Å². The van der Waals surface area contributed by atoms with E-state index in [0.717, 1.165) is 16.7 Å². The van der Waals surface area contributed by atoms with E-state index in [1.54, 1.807) is 12.1 Å². The van der Waals surface area contributed by atoms with Crippen LogP contribution in [-0.2, 0) is 4.74 Å². The minimum atomic E-state index is -1.34. The lowest BCUT2D eigenvalue weighted by Gasteiger charge is -2.18. The maximum atomic E-state index is 11.5. The maximum absolute atomic E-state index is 11.5. The lowest BCUT2D eigenvalue weighted by atomic mass is 9.99. The molecule has 2 aromatic carbocycles. The van der Waals surface area contributed by atoms with Crippen LogP contribution in [0.25, 0.3) is 5.57 Å². The smallest absolute Gasteiger partial charge is 0.337 e. The van der Waals surface area contributed by atoms with E-state index in [4.69, 9.17) is 4.74 Å². The standard InChI is InChI=1S/C19H22O2Si/c1-14(15-9-11-16(12-10-15)19(20)21-2)17-7-6-8-18(13-17)22(3,4)5/h6-13H,1H2,2-5H3. The molecule has 2 nitrogen and oxygen atoms in total. The Hall–Kier alpha value is -2.13. The topological polar surface area (TPSA) is 26.3 Å². The highest BCUT2D eigenvalue weighted by Gasteiger charge is 2.17. The Morgan fingerprint density at radius 1 is 0.955 bits per heavy atom. The third-order valence-corrected chi connectivity index (χ3v) is 5.77. The Bertz CT molecular complexity index is 694. The second kappa shape index (κ2) is 6.32. The van der Waals surface area contributed by atoms with Gasteiger partial charge in [0.15, 0.2) is 0 Å². The molecule has 2 rings (SSSR count). The second-order valence-electron chi connectivity index (χ2n) is 6.38. The molecule has 3 heteroatoms. The van der Waals surface area contributed by atoms with Gasteiger partial charge in [-0.1, -0.05) is 67.8 Å². The van der Waals surface area contributed by atoms with Gasteiger partial charge in [0, 0.05) is 0 Å². The van der Waals surface area contributed by atoms with Crippen LogP contribution in [-0.4, -0.2) is 21.2 Å². The van der Waals surface area contributed by atoms with Gasteiger partial charge in [-0.15, -0.1) is 0 Å². The van der Waals surface area contributed by atoms with Gasteiger partial charge in [-0.25, -0.2) is 4.79 Å². The van der Waals surface area contributed by atoms with Crippen molar-refractivity contribution in [2.24, 2.45) is 0 Å². The zero-order valence-electron chi connectivity index (χ0n) is 13.6. The predicted octanol–water partition coefficient (Wildman–Crippen LogP) is 4.08. The average molecular weight is 310 g/mol. The first kappa shape index (κ1) is 16.2. The van der Waals surface area contributed by atoms with Crippen LogP contribution >= 0.6 is 0 Å². The fourth-order valence-electron chi connectivity index (χ4n) is 2.27. The highest BCUT2D eigenvalue weighted by molar-refractivity contribution is 6.88. The summed E-state index contributed by atoms with van der Waals surface area (Å²) in [6.45, 7) is 11.2. The lowest BCUT2D eigenvalue weighted by molar-refractivity contribution is 0.0600. The molecule has 0 spiro atoms. The van der Waals surface area contributed by atoms with E-state index in [1.165, 1.54) is 12.3 Å². The highest BCUT2D eigenvalue weighted by Crippen LogP contribution is 2.22. The molecule has 0 unspecified atom stereocenters. The monoisotopic (exact) mass is 310 g/mol. The summed E-state index contributed by atoms with van der Waals surface area (Å²) in [5.41, 5.74) is 3.66. The van der Waals surface area contributed by atoms with Crippen LogP contribution < -0.4 is 5.19 Å². The summed E-state index contributed by atoms with van der Waals surface area (Å²) in [7, 11) is 0.0434. The second-order valence-corrected chi connectivity index (χ2v) is 11.5. The highest BCUT2D eigenvalue weighted by atomic mass is 28.3. The Labute approximate surface area is 133 Å². The number of esters is 1. The summed E-state index contributed by atoms with van der Waals surface area (Å²) < 4.78 is 4.72. The molecule has 22 heavy (non-hydrogen) atoms. The van der Waals surface area contributed by atoms with Crippen molar-refractivity contribution >= 4 is 24.8 Å². The Kier molecular flexibility index (Phi) is 4.67. The van der Waals surface area contributed by atoms with Crippen molar-refractivity contribution in [2.45, 2.75) is 19.6 Å². The van der Waals surface area contributed by atoms with Crippen molar-refractivity contribution in [1.82, 2.24) is 0 Å². The minimum Gasteiger partial charge on any atom is -0.465 e. The van der Waals surface area contributed by atoms with Gasteiger partial charge in [0.2, 0.25) is 0 Å². The van der Waals surface area contributed by atoms with Gasteiger partial charge >= 0.3 is 5.97 Å². The van der Waals surface area contributed by atoms with E-state index in [9.17, 15) is 4.79 Å². The molecule has 0 N–H and O–H groups in total. The number of carbonyl (C=O) groups is 1. The third kappa shape index (κ3) is 3.54. The lowest BCUT2D eigenvalue weighted by Crippen LogP contribution is -2.37. The van der Waals surface area contributed by atoms with Crippen molar-refractivity contribution in [1.29, 1.82) is 0 Å². The van der Waals surface area contributed by atoms with Crippen LogP contribution in [0.4, 0.5) is 0 Å². The number of carbonyl (C=O) groups excluding carboxylic acids is 1. The van der Waals surface area contributed by atoms with Gasteiger partial charge in [-0.3, -0.25) is 0 Å². The summed E-state index contributed by atoms with van der Waals surface area (Å²) in [6, 6.07) is 16.0. The van der Waals surface area contributed by atoms with Gasteiger partial charge in [-0.05, 0) is 28.8 Å². The molecule has 0 aliphatic carbocycles. The molecule has 0 bridgehead atoms. The molecular weight excluding hydrogens is 288 g/mol. The van der Waals surface area contributed by atoms with Crippen LogP contribution in [0.1, 0.15) is 21.5 Å². The molecule has 0 saturated carbocycles. The first-order valence-electron chi connectivity index (χ1n) is 7.31. The SMILES string of the molecule is C=C(c1ccc(C(=O)OC)cc1)c1cccc([Si](C)(C)C)c1. The van der Waals surface area contributed by atoms with Crippen LogP contribution in [0.3, 0.4) is 0 Å². The number of ether oxygens (including phenoxy) is 1. The number of methoxy groups -OCH3 is 1. The molecule has 0 aromatic heterocycles. The van der Waals surface area contributed by atoms with E-state index in [2.05, 4.69) is 50.5 Å². The summed E-state index contributed by atoms with van der Waals surface area (Å²) in [5, 5.41) is 1.41. The number of hydrogen-bond acceptors (Lipinski definition) is 2. The predicted molar refractivity (Wildman–Crippen MR) is 95.3 cm³/mol. The van der Waals surface area contributed by atoms with Crippen LogP contribution in [0, 0.1) is 0 Å². The summed E-state index contributed by atoms with van der Waals surface area (Å²) in [4.78, 5) is 11.5. The van der Waals surface area contributed by atoms with E-state index >= 15 is 0 Å². The molecular formula is C19H22O2Si. The van der Waals surface area contributed by atoms with Gasteiger partial charge in [-0.2, -0.15) is 0 Å². The van der Waals surface area contributed by atoms with Gasteiger partial charge < -0.3 is 4.74 Å². The van der Waals surface area contributed by atoms with Crippen molar-refractivity contribution in [3.8, 4) is 0 Å². The summed E-state index contributed by atoms with van der Waals surface area (Å²) in [5.74, 6) is -0.321. The maximum Gasteiger partial charge on any atom is 0.337 e. The molecule has 0 heterocycles. The average Bonchev–Trinajstić information content (AvgIpc) is 2.53. The zero-order chi connectivity index (χ0) is 16.3. The van der Waals surface area contributed by atoms with Crippen molar-refractivity contribution in [3.05, 3.63) is 71.8 Å². The Morgan fingerprint density at radius 3 is 2.09 bits per heavy atom. The summed E-state index contributed by atoms with van der Waals surface area (Å²) >= 11 is 0. The largest absolute Gasteiger partial charge is 0.465 e. The van der Waals surface area contributed by atoms with Gasteiger partial charge in [0.1, 0.15) is 0 Å². The molecule has 0 saturated heterocycles. The molecule has 0 aliphatic rings. The first-order chi connectivity index (χ1) is 10.3. The first-order valence-corrected chi connectivity index (χ1v) is 10.8. The number of benzene rings is 2. The van der Waals surface area contributed by atoms with E-state index in [0.29, 0.717) is 5.56 Å². The van der Waals surface area contributed by atoms with Crippen LogP contribution in [0.15, 0.2) is 55.1 Å². The third-order valence-electron chi connectivity index (χ3n) is 3.73. The molecule has 0 amide bonds. The van der Waals surface area contributed by atoms with Gasteiger partial charge in [0.05, 0.1) is 20.7 Å². The number of rotatable bonds is 4. The van der Waals surface area contributed by atoms with Crippen LogP contribution in [0.2, 0.25) is 19.6 Å². The van der Waals surface area contributed by atoms with Crippen molar-refractivity contribution in [3.63, 3.8) is 0 Å². The van der Waals surface area contributed by atoms with Crippen molar-refractivity contribution < 1.29 is 9.53 Å². The number of hydrogen-bond donors (Lipinski definition) is 0. The molecule has 0 aliphatic heterocycles. The van der Waals surface area contributed by atoms with Gasteiger partial charge in [0.25, 0.3) is 0 Å². The Balaban J connectivity index is 2.30. The van der Waals surface area contributed by atoms with E-state index in [-0.39, 0.29) is 5.97 Å². The molecule has 114 valence electrons. The molecule has 0 atom stereocenters. The van der Waals surface area contributed by atoms with Crippen molar-refractivity contribution in [2.75, 3.05) is 7.11 Å². The quantitative estimate of drug-likeness (QED) is 0.628. The summed E-state index contributed by atoms with van der Waals surface area (Å²) in [6.07, 6.45) is 0. The normalized spacial score (nSPS) is 11.1. The molecule has 0 fully saturated rings. The fraction of sp³-hybridized carbons (Fsp3) is 0.211. The van der Waals surface area contributed by atoms with E-state index < -0.39 is 8.07 Å².